The van der Waals surface area contributed by atoms with Gasteiger partial charge in [-0.05, 0) is 24.6 Å². The fourth-order valence-corrected chi connectivity index (χ4v) is 2.19. The zero-order valence-electron chi connectivity index (χ0n) is 8.33. The van der Waals surface area contributed by atoms with Crippen LogP contribution in [0.25, 0.3) is 0 Å². The van der Waals surface area contributed by atoms with E-state index in [0.29, 0.717) is 6.42 Å². The second-order valence-corrected chi connectivity index (χ2v) is 4.48. The van der Waals surface area contributed by atoms with E-state index in [4.69, 9.17) is 5.73 Å². The number of halogens is 1. The Hall–Kier alpha value is -1.42. The van der Waals surface area contributed by atoms with Crippen LogP contribution in [0.5, 0.6) is 0 Å². The Labute approximate surface area is 91.6 Å². The van der Waals surface area contributed by atoms with Gasteiger partial charge in [0, 0.05) is 6.42 Å². The van der Waals surface area contributed by atoms with E-state index >= 15 is 0 Å². The first-order chi connectivity index (χ1) is 7.15. The van der Waals surface area contributed by atoms with Crippen molar-refractivity contribution in [3.05, 3.63) is 46.3 Å². The topological polar surface area (TPSA) is 38.9 Å². The van der Waals surface area contributed by atoms with Gasteiger partial charge in [-0.2, -0.15) is 0 Å². The van der Waals surface area contributed by atoms with Crippen molar-refractivity contribution in [3.8, 4) is 0 Å². The van der Waals surface area contributed by atoms with Crippen molar-refractivity contribution in [2.45, 2.75) is 13.3 Å². The Morgan fingerprint density at radius 2 is 2.00 bits per heavy atom. The molecular formula is C11H11FN2S. The normalized spacial score (nSPS) is 10.5. The number of nitrogen functional groups attached to an aromatic ring is 1. The molecule has 15 heavy (non-hydrogen) atoms. The van der Waals surface area contributed by atoms with Gasteiger partial charge in [-0.3, -0.25) is 0 Å². The number of benzene rings is 1. The first-order valence-corrected chi connectivity index (χ1v) is 5.43. The molecule has 0 unspecified atom stereocenters. The Morgan fingerprint density at radius 3 is 2.53 bits per heavy atom. The maximum absolute atomic E-state index is 12.7. The third kappa shape index (κ3) is 2.33. The van der Waals surface area contributed by atoms with Gasteiger partial charge in [-0.15, -0.1) is 11.3 Å². The highest BCUT2D eigenvalue weighted by molar-refractivity contribution is 7.15. The Morgan fingerprint density at radius 1 is 1.33 bits per heavy atom. The van der Waals surface area contributed by atoms with Crippen LogP contribution in [-0.2, 0) is 6.42 Å². The minimum absolute atomic E-state index is 0.214. The van der Waals surface area contributed by atoms with E-state index in [1.807, 2.05) is 6.92 Å². The first kappa shape index (κ1) is 10.1. The molecule has 0 fully saturated rings. The minimum Gasteiger partial charge on any atom is -0.389 e. The average Bonchev–Trinajstić information content (AvgIpc) is 2.50. The molecule has 0 amide bonds. The van der Waals surface area contributed by atoms with Gasteiger partial charge in [0.05, 0.1) is 10.7 Å². The van der Waals surface area contributed by atoms with Crippen molar-refractivity contribution >= 4 is 16.3 Å². The molecule has 0 bridgehead atoms. The Kier molecular flexibility index (Phi) is 2.68. The predicted octanol–water partition coefficient (Wildman–Crippen LogP) is 2.76. The number of anilines is 1. The molecule has 0 saturated carbocycles. The fourth-order valence-electron chi connectivity index (χ4n) is 1.32. The van der Waals surface area contributed by atoms with Gasteiger partial charge in [0.25, 0.3) is 0 Å². The molecule has 78 valence electrons. The number of thiazole rings is 1. The van der Waals surface area contributed by atoms with Crippen LogP contribution >= 0.6 is 11.3 Å². The second kappa shape index (κ2) is 3.98. The van der Waals surface area contributed by atoms with Crippen molar-refractivity contribution in [3.63, 3.8) is 0 Å². The van der Waals surface area contributed by atoms with E-state index in [1.54, 1.807) is 12.1 Å². The van der Waals surface area contributed by atoms with Gasteiger partial charge >= 0.3 is 0 Å². The lowest BCUT2D eigenvalue weighted by Gasteiger charge is -1.96. The van der Waals surface area contributed by atoms with Crippen molar-refractivity contribution in [2.75, 3.05) is 5.73 Å². The van der Waals surface area contributed by atoms with Gasteiger partial charge < -0.3 is 5.73 Å². The number of nitrogens with two attached hydrogens (primary N) is 1. The summed E-state index contributed by atoms with van der Waals surface area (Å²) in [5.74, 6) is -0.214. The van der Waals surface area contributed by atoms with Gasteiger partial charge in [0.2, 0.25) is 0 Å². The lowest BCUT2D eigenvalue weighted by atomic mass is 10.1. The molecule has 0 aliphatic heterocycles. The minimum atomic E-state index is -0.214. The summed E-state index contributed by atoms with van der Waals surface area (Å²) in [4.78, 5) is 4.33. The highest BCUT2D eigenvalue weighted by atomic mass is 32.1. The summed E-state index contributed by atoms with van der Waals surface area (Å²) < 4.78 is 12.7. The zero-order chi connectivity index (χ0) is 10.8. The number of hydrogen-bond donors (Lipinski definition) is 1. The molecule has 0 aliphatic carbocycles. The number of rotatable bonds is 2. The monoisotopic (exact) mass is 222 g/mol. The molecular weight excluding hydrogens is 211 g/mol. The molecule has 2 rings (SSSR count). The summed E-state index contributed by atoms with van der Waals surface area (Å²) in [7, 11) is 0. The van der Waals surface area contributed by atoms with Gasteiger partial charge in [-0.25, -0.2) is 9.37 Å². The quantitative estimate of drug-likeness (QED) is 0.848. The third-order valence-corrected chi connectivity index (χ3v) is 3.13. The molecule has 0 saturated heterocycles. The van der Waals surface area contributed by atoms with Crippen LogP contribution in [0.2, 0.25) is 0 Å². The standard InChI is InChI=1S/C11H11FN2S/c1-7-11(13)15-10(14-7)6-8-2-4-9(12)5-3-8/h2-5H,6,13H2,1H3. The molecule has 2 N–H and O–H groups in total. The van der Waals surface area contributed by atoms with Crippen LogP contribution in [0, 0.1) is 12.7 Å². The molecule has 2 nitrogen and oxygen atoms in total. The van der Waals surface area contributed by atoms with Gasteiger partial charge in [0.15, 0.2) is 0 Å². The lowest BCUT2D eigenvalue weighted by molar-refractivity contribution is 0.627. The molecule has 0 aliphatic rings. The predicted molar refractivity (Wildman–Crippen MR) is 60.5 cm³/mol. The van der Waals surface area contributed by atoms with E-state index in [-0.39, 0.29) is 5.82 Å². The Bertz CT molecular complexity index is 442. The number of aromatic nitrogens is 1. The number of nitrogens with zero attached hydrogens (tertiary/aromatic N) is 1. The van der Waals surface area contributed by atoms with E-state index in [2.05, 4.69) is 4.98 Å². The summed E-state index contributed by atoms with van der Waals surface area (Å²) in [5, 5.41) is 1.73. The van der Waals surface area contributed by atoms with Crippen molar-refractivity contribution < 1.29 is 4.39 Å². The van der Waals surface area contributed by atoms with E-state index in [1.165, 1.54) is 23.5 Å². The van der Waals surface area contributed by atoms with Crippen LogP contribution in [0.4, 0.5) is 9.39 Å². The summed E-state index contributed by atoms with van der Waals surface area (Å²) in [6.45, 7) is 1.89. The molecule has 1 aromatic carbocycles. The highest BCUT2D eigenvalue weighted by Gasteiger charge is 2.05. The van der Waals surface area contributed by atoms with Crippen molar-refractivity contribution in [2.24, 2.45) is 0 Å². The first-order valence-electron chi connectivity index (χ1n) is 4.61. The van der Waals surface area contributed by atoms with Crippen LogP contribution in [0.1, 0.15) is 16.3 Å². The summed E-state index contributed by atoms with van der Waals surface area (Å²) in [6.07, 6.45) is 0.711. The molecule has 0 radical (unpaired) electrons. The third-order valence-electron chi connectivity index (χ3n) is 2.15. The lowest BCUT2D eigenvalue weighted by Crippen LogP contribution is -1.87. The SMILES string of the molecule is Cc1nc(Cc2ccc(F)cc2)sc1N. The van der Waals surface area contributed by atoms with E-state index in [0.717, 1.165) is 21.3 Å². The number of hydrogen-bond acceptors (Lipinski definition) is 3. The fraction of sp³-hybridized carbons (Fsp3) is 0.182. The maximum Gasteiger partial charge on any atom is 0.123 e. The molecule has 0 spiro atoms. The van der Waals surface area contributed by atoms with E-state index < -0.39 is 0 Å². The van der Waals surface area contributed by atoms with Crippen LogP contribution in [0.3, 0.4) is 0 Å². The largest absolute Gasteiger partial charge is 0.389 e. The van der Waals surface area contributed by atoms with Gasteiger partial charge in [0.1, 0.15) is 10.8 Å². The molecule has 2 aromatic rings. The van der Waals surface area contributed by atoms with Crippen LogP contribution in [-0.4, -0.2) is 4.98 Å². The zero-order valence-corrected chi connectivity index (χ0v) is 9.14. The smallest absolute Gasteiger partial charge is 0.123 e. The summed E-state index contributed by atoms with van der Waals surface area (Å²) >= 11 is 1.49. The highest BCUT2D eigenvalue weighted by Crippen LogP contribution is 2.22. The Balaban J connectivity index is 2.18. The molecule has 1 aromatic heterocycles. The summed E-state index contributed by atoms with van der Waals surface area (Å²) in [5.41, 5.74) is 7.63. The van der Waals surface area contributed by atoms with Gasteiger partial charge in [-0.1, -0.05) is 12.1 Å². The molecule has 4 heteroatoms. The van der Waals surface area contributed by atoms with Crippen molar-refractivity contribution in [1.82, 2.24) is 4.98 Å². The average molecular weight is 222 g/mol. The van der Waals surface area contributed by atoms with E-state index in [9.17, 15) is 4.39 Å². The molecule has 0 atom stereocenters. The second-order valence-electron chi connectivity index (χ2n) is 3.36. The summed E-state index contributed by atoms with van der Waals surface area (Å²) in [6, 6.07) is 6.45. The number of aryl methyl sites for hydroxylation is 1. The van der Waals surface area contributed by atoms with Crippen LogP contribution in [0.15, 0.2) is 24.3 Å². The molecule has 1 heterocycles. The maximum atomic E-state index is 12.7. The van der Waals surface area contributed by atoms with Crippen molar-refractivity contribution in [1.29, 1.82) is 0 Å². The van der Waals surface area contributed by atoms with Crippen LogP contribution < -0.4 is 5.73 Å².